The normalized spacial score (nSPS) is 44.3. The molecule has 0 radical (unpaired) electrons. The van der Waals surface area contributed by atoms with Crippen molar-refractivity contribution in [3.05, 3.63) is 35.4 Å². The quantitative estimate of drug-likeness (QED) is 0.714. The number of aryl methyl sites for hydroxylation is 1. The Labute approximate surface area is 127 Å². The highest BCUT2D eigenvalue weighted by Gasteiger charge is 2.60. The molecule has 110 valence electrons. The largest absolute Gasteiger partial charge is 0.377 e. The van der Waals surface area contributed by atoms with Crippen molar-refractivity contribution in [3.8, 4) is 12.3 Å². The molecular weight excluding hydrogens is 256 g/mol. The summed E-state index contributed by atoms with van der Waals surface area (Å²) in [6, 6.07) is 8.98. The lowest BCUT2D eigenvalue weighted by Gasteiger charge is -2.52. The van der Waals surface area contributed by atoms with Gasteiger partial charge in [0.1, 0.15) is 5.60 Å². The Morgan fingerprint density at radius 2 is 2.00 bits per heavy atom. The molecule has 0 aliphatic heterocycles. The van der Waals surface area contributed by atoms with Crippen molar-refractivity contribution < 1.29 is 5.11 Å². The predicted molar refractivity (Wildman–Crippen MR) is 84.8 cm³/mol. The Bertz CT molecular complexity index is 613. The zero-order valence-corrected chi connectivity index (χ0v) is 12.8. The van der Waals surface area contributed by atoms with Crippen LogP contribution >= 0.6 is 0 Å². The molecule has 21 heavy (non-hydrogen) atoms. The van der Waals surface area contributed by atoms with Crippen LogP contribution in [0.5, 0.6) is 0 Å². The average molecular weight is 280 g/mol. The highest BCUT2D eigenvalue weighted by atomic mass is 16.3. The molecule has 1 heteroatoms. The van der Waals surface area contributed by atoms with E-state index in [1.165, 1.54) is 19.3 Å². The SMILES string of the molecule is C#C[C@]1(O)CCC2C3CCc4ccccc4C3CC[C@@]21C. The van der Waals surface area contributed by atoms with Crippen molar-refractivity contribution >= 4 is 0 Å². The molecule has 0 aromatic heterocycles. The third kappa shape index (κ3) is 1.63. The first-order chi connectivity index (χ1) is 10.1. The van der Waals surface area contributed by atoms with Crippen molar-refractivity contribution in [3.63, 3.8) is 0 Å². The number of fused-ring (bicyclic) bond motifs is 5. The van der Waals surface area contributed by atoms with E-state index in [1.807, 2.05) is 0 Å². The summed E-state index contributed by atoms with van der Waals surface area (Å²) in [5.41, 5.74) is 2.17. The van der Waals surface area contributed by atoms with Crippen LogP contribution in [0.2, 0.25) is 0 Å². The summed E-state index contributed by atoms with van der Waals surface area (Å²) in [7, 11) is 0. The summed E-state index contributed by atoms with van der Waals surface area (Å²) >= 11 is 0. The summed E-state index contributed by atoms with van der Waals surface area (Å²) in [5.74, 6) is 4.74. The van der Waals surface area contributed by atoms with Crippen LogP contribution in [0.1, 0.15) is 56.1 Å². The molecule has 1 aromatic carbocycles. The Balaban J connectivity index is 1.73. The van der Waals surface area contributed by atoms with Gasteiger partial charge in [0.05, 0.1) is 0 Å². The third-order valence-corrected chi connectivity index (χ3v) is 7.03. The van der Waals surface area contributed by atoms with E-state index >= 15 is 0 Å². The van der Waals surface area contributed by atoms with Gasteiger partial charge in [0.2, 0.25) is 0 Å². The van der Waals surface area contributed by atoms with Crippen LogP contribution in [-0.2, 0) is 6.42 Å². The van der Waals surface area contributed by atoms with Crippen LogP contribution in [0, 0.1) is 29.6 Å². The number of aliphatic hydroxyl groups is 1. The van der Waals surface area contributed by atoms with Gasteiger partial charge < -0.3 is 5.11 Å². The second-order valence-corrected chi connectivity index (χ2v) is 7.61. The molecule has 0 heterocycles. The van der Waals surface area contributed by atoms with Crippen LogP contribution in [0.15, 0.2) is 24.3 Å². The molecule has 0 amide bonds. The number of terminal acetylenes is 1. The second kappa shape index (κ2) is 4.37. The molecule has 1 nitrogen and oxygen atoms in total. The topological polar surface area (TPSA) is 20.2 Å². The molecule has 3 aliphatic carbocycles. The fourth-order valence-electron chi connectivity index (χ4n) is 5.78. The van der Waals surface area contributed by atoms with Gasteiger partial charge in [-0.25, -0.2) is 0 Å². The lowest BCUT2D eigenvalue weighted by Crippen LogP contribution is -2.50. The van der Waals surface area contributed by atoms with Crippen molar-refractivity contribution in [2.75, 3.05) is 0 Å². The summed E-state index contributed by atoms with van der Waals surface area (Å²) in [6.07, 6.45) is 12.3. The molecule has 3 aliphatic rings. The summed E-state index contributed by atoms with van der Waals surface area (Å²) in [6.45, 7) is 2.25. The molecule has 2 fully saturated rings. The van der Waals surface area contributed by atoms with Gasteiger partial charge in [-0.2, -0.15) is 0 Å². The molecule has 1 aromatic rings. The maximum Gasteiger partial charge on any atom is 0.130 e. The third-order valence-electron chi connectivity index (χ3n) is 7.03. The molecule has 3 unspecified atom stereocenters. The number of hydrogen-bond donors (Lipinski definition) is 1. The minimum atomic E-state index is -0.875. The van der Waals surface area contributed by atoms with Gasteiger partial charge in [0, 0.05) is 5.41 Å². The van der Waals surface area contributed by atoms with Crippen molar-refractivity contribution in [2.24, 2.45) is 17.3 Å². The molecule has 0 spiro atoms. The fourth-order valence-corrected chi connectivity index (χ4v) is 5.78. The highest BCUT2D eigenvalue weighted by Crippen LogP contribution is 2.63. The van der Waals surface area contributed by atoms with E-state index in [0.29, 0.717) is 17.8 Å². The monoisotopic (exact) mass is 280 g/mol. The van der Waals surface area contributed by atoms with E-state index in [-0.39, 0.29) is 5.41 Å². The van der Waals surface area contributed by atoms with Crippen LogP contribution < -0.4 is 0 Å². The van der Waals surface area contributed by atoms with Crippen molar-refractivity contribution in [1.82, 2.24) is 0 Å². The van der Waals surface area contributed by atoms with Gasteiger partial charge in [0.25, 0.3) is 0 Å². The Morgan fingerprint density at radius 1 is 1.19 bits per heavy atom. The van der Waals surface area contributed by atoms with E-state index in [4.69, 9.17) is 6.42 Å². The molecule has 1 N–H and O–H groups in total. The first-order valence-electron chi connectivity index (χ1n) is 8.37. The Morgan fingerprint density at radius 3 is 2.81 bits per heavy atom. The molecule has 5 atom stereocenters. The van der Waals surface area contributed by atoms with Gasteiger partial charge in [-0.1, -0.05) is 37.1 Å². The van der Waals surface area contributed by atoms with Crippen molar-refractivity contribution in [1.29, 1.82) is 0 Å². The molecule has 2 saturated carbocycles. The first-order valence-corrected chi connectivity index (χ1v) is 8.37. The van der Waals surface area contributed by atoms with Crippen LogP contribution in [0.3, 0.4) is 0 Å². The van der Waals surface area contributed by atoms with E-state index in [0.717, 1.165) is 19.3 Å². The van der Waals surface area contributed by atoms with E-state index in [1.54, 1.807) is 11.1 Å². The van der Waals surface area contributed by atoms with Crippen molar-refractivity contribution in [2.45, 2.75) is 57.0 Å². The lowest BCUT2D eigenvalue weighted by atomic mass is 9.53. The standard InChI is InChI=1S/C20H24O/c1-3-20(21)13-11-18-17-9-8-14-6-4-5-7-15(14)16(17)10-12-19(18,20)2/h1,4-7,16-18,21H,8-13H2,2H3/t16?,17?,18?,19-,20-/m0/s1. The Kier molecular flexibility index (Phi) is 2.79. The van der Waals surface area contributed by atoms with Crippen LogP contribution in [-0.4, -0.2) is 10.7 Å². The van der Waals surface area contributed by atoms with Crippen LogP contribution in [0.4, 0.5) is 0 Å². The summed E-state index contributed by atoms with van der Waals surface area (Å²) in [4.78, 5) is 0. The van der Waals surface area contributed by atoms with Gasteiger partial charge in [-0.15, -0.1) is 6.42 Å². The van der Waals surface area contributed by atoms with E-state index < -0.39 is 5.60 Å². The van der Waals surface area contributed by atoms with Gasteiger partial charge in [0.15, 0.2) is 0 Å². The smallest absolute Gasteiger partial charge is 0.130 e. The van der Waals surface area contributed by atoms with Gasteiger partial charge in [-0.3, -0.25) is 0 Å². The lowest BCUT2D eigenvalue weighted by molar-refractivity contribution is -0.0646. The first kappa shape index (κ1) is 13.4. The number of benzene rings is 1. The predicted octanol–water partition coefficient (Wildman–Crippen LogP) is 3.91. The zero-order valence-electron chi connectivity index (χ0n) is 12.8. The van der Waals surface area contributed by atoms with Crippen LogP contribution in [0.25, 0.3) is 0 Å². The number of rotatable bonds is 0. The fraction of sp³-hybridized carbons (Fsp3) is 0.600. The zero-order chi connectivity index (χ0) is 14.7. The Hall–Kier alpha value is -1.26. The van der Waals surface area contributed by atoms with E-state index in [2.05, 4.69) is 37.1 Å². The highest BCUT2D eigenvalue weighted by molar-refractivity contribution is 5.36. The molecule has 4 rings (SSSR count). The molecule has 0 bridgehead atoms. The minimum Gasteiger partial charge on any atom is -0.377 e. The van der Waals surface area contributed by atoms with E-state index in [9.17, 15) is 5.11 Å². The molecule has 0 saturated heterocycles. The average Bonchev–Trinajstić information content (AvgIpc) is 2.79. The summed E-state index contributed by atoms with van der Waals surface area (Å²) < 4.78 is 0. The number of hydrogen-bond acceptors (Lipinski definition) is 1. The summed E-state index contributed by atoms with van der Waals surface area (Å²) in [5, 5.41) is 10.9. The second-order valence-electron chi connectivity index (χ2n) is 7.61. The maximum absolute atomic E-state index is 10.9. The molecular formula is C20H24O. The minimum absolute atomic E-state index is 0.0742. The van der Waals surface area contributed by atoms with Gasteiger partial charge >= 0.3 is 0 Å². The van der Waals surface area contributed by atoms with Gasteiger partial charge in [-0.05, 0) is 67.4 Å². The maximum atomic E-state index is 10.9.